The monoisotopic (exact) mass is 267 g/mol. The second-order valence-corrected chi connectivity index (χ2v) is 6.47. The van der Waals surface area contributed by atoms with Crippen LogP contribution in [0.15, 0.2) is 23.1 Å². The number of halogens is 1. The Morgan fingerprint density at radius 3 is 2.72 bits per heavy atom. The van der Waals surface area contributed by atoms with Crippen LogP contribution in [0, 0.1) is 11.7 Å². The van der Waals surface area contributed by atoms with Crippen molar-refractivity contribution in [1.82, 2.24) is 0 Å². The molecule has 1 aliphatic carbocycles. The third-order valence-corrected chi connectivity index (χ3v) is 4.78. The molecule has 2 N–H and O–H groups in total. The maximum atomic E-state index is 13.9. The van der Waals surface area contributed by atoms with Crippen LogP contribution in [-0.2, 0) is 6.42 Å². The van der Waals surface area contributed by atoms with Gasteiger partial charge in [0.2, 0.25) is 0 Å². The first-order valence-electron chi connectivity index (χ1n) is 6.82. The van der Waals surface area contributed by atoms with Crippen LogP contribution in [-0.4, -0.2) is 11.8 Å². The average molecular weight is 267 g/mol. The Balaban J connectivity index is 1.92. The summed E-state index contributed by atoms with van der Waals surface area (Å²) in [6.45, 7) is 1.95. The van der Waals surface area contributed by atoms with Crippen LogP contribution in [0.5, 0.6) is 0 Å². The smallest absolute Gasteiger partial charge is 0.137 e. The molecule has 0 radical (unpaired) electrons. The van der Waals surface area contributed by atoms with E-state index in [0.29, 0.717) is 0 Å². The summed E-state index contributed by atoms with van der Waals surface area (Å²) in [4.78, 5) is 0.787. The lowest BCUT2D eigenvalue weighted by Gasteiger charge is -2.10. The van der Waals surface area contributed by atoms with Crippen LogP contribution in [0.25, 0.3) is 0 Å². The zero-order valence-corrected chi connectivity index (χ0v) is 11.8. The lowest BCUT2D eigenvalue weighted by atomic mass is 10.1. The van der Waals surface area contributed by atoms with Crippen LogP contribution in [0.4, 0.5) is 4.39 Å². The molecule has 100 valence electrons. The van der Waals surface area contributed by atoms with Gasteiger partial charge in [-0.15, -0.1) is 11.8 Å². The lowest BCUT2D eigenvalue weighted by Crippen LogP contribution is -2.17. The Morgan fingerprint density at radius 1 is 1.39 bits per heavy atom. The number of rotatable bonds is 5. The third-order valence-electron chi connectivity index (χ3n) is 3.50. The van der Waals surface area contributed by atoms with Crippen LogP contribution in [0.2, 0.25) is 0 Å². The van der Waals surface area contributed by atoms with Crippen LogP contribution >= 0.6 is 11.8 Å². The number of hydrogen-bond donors (Lipinski definition) is 1. The normalized spacial score (nSPS) is 18.2. The summed E-state index contributed by atoms with van der Waals surface area (Å²) in [5.41, 5.74) is 6.72. The molecule has 1 fully saturated rings. The average Bonchev–Trinajstić information content (AvgIpc) is 2.80. The van der Waals surface area contributed by atoms with Gasteiger partial charge in [0, 0.05) is 16.7 Å². The zero-order chi connectivity index (χ0) is 13.0. The molecule has 1 aromatic rings. The first-order valence-corrected chi connectivity index (χ1v) is 7.80. The molecule has 0 aromatic heterocycles. The Hall–Kier alpha value is -0.540. The maximum Gasteiger partial charge on any atom is 0.137 e. The number of benzene rings is 1. The van der Waals surface area contributed by atoms with Gasteiger partial charge >= 0.3 is 0 Å². The second kappa shape index (κ2) is 6.58. The molecule has 3 heteroatoms. The molecule has 0 saturated heterocycles. The van der Waals surface area contributed by atoms with E-state index in [2.05, 4.69) is 0 Å². The Bertz CT molecular complexity index is 386. The summed E-state index contributed by atoms with van der Waals surface area (Å²) in [5.74, 6) is 1.76. The molecule has 0 aliphatic heterocycles. The van der Waals surface area contributed by atoms with E-state index in [4.69, 9.17) is 5.73 Å². The molecule has 1 nitrogen and oxygen atoms in total. The summed E-state index contributed by atoms with van der Waals surface area (Å²) < 4.78 is 13.9. The highest BCUT2D eigenvalue weighted by atomic mass is 32.2. The molecule has 0 bridgehead atoms. The van der Waals surface area contributed by atoms with E-state index in [-0.39, 0.29) is 11.9 Å². The predicted octanol–water partition coefficient (Wildman–Crippen LogP) is 4.00. The summed E-state index contributed by atoms with van der Waals surface area (Å²) in [6, 6.07) is 5.64. The SMILES string of the molecule is CC(N)Cc1ccc(SCC2CCCC2)c(F)c1. The van der Waals surface area contributed by atoms with Crippen LogP contribution < -0.4 is 5.73 Å². The molecule has 0 spiro atoms. The predicted molar refractivity (Wildman–Crippen MR) is 76.4 cm³/mol. The largest absolute Gasteiger partial charge is 0.328 e. The van der Waals surface area contributed by atoms with Crippen molar-refractivity contribution in [3.8, 4) is 0 Å². The van der Waals surface area contributed by atoms with E-state index >= 15 is 0 Å². The van der Waals surface area contributed by atoms with E-state index in [9.17, 15) is 4.39 Å². The van der Waals surface area contributed by atoms with Crippen molar-refractivity contribution >= 4 is 11.8 Å². The number of nitrogens with two attached hydrogens (primary N) is 1. The van der Waals surface area contributed by atoms with Crippen LogP contribution in [0.3, 0.4) is 0 Å². The van der Waals surface area contributed by atoms with E-state index in [1.165, 1.54) is 25.7 Å². The zero-order valence-electron chi connectivity index (χ0n) is 11.0. The Morgan fingerprint density at radius 2 is 2.11 bits per heavy atom. The fraction of sp³-hybridized carbons (Fsp3) is 0.600. The highest BCUT2D eigenvalue weighted by Crippen LogP contribution is 2.32. The van der Waals surface area contributed by atoms with Gasteiger partial charge in [-0.3, -0.25) is 0 Å². The summed E-state index contributed by atoms with van der Waals surface area (Å²) in [6.07, 6.45) is 6.07. The van der Waals surface area contributed by atoms with Crippen molar-refractivity contribution < 1.29 is 4.39 Å². The van der Waals surface area contributed by atoms with Gasteiger partial charge in [0.1, 0.15) is 5.82 Å². The van der Waals surface area contributed by atoms with Gasteiger partial charge in [0.15, 0.2) is 0 Å². The first-order chi connectivity index (χ1) is 8.65. The molecule has 1 saturated carbocycles. The maximum absolute atomic E-state index is 13.9. The Kier molecular flexibility index (Phi) is 5.07. The van der Waals surface area contributed by atoms with E-state index in [1.54, 1.807) is 17.8 Å². The molecule has 0 heterocycles. The molecule has 1 aromatic carbocycles. The fourth-order valence-electron chi connectivity index (χ4n) is 2.54. The summed E-state index contributed by atoms with van der Waals surface area (Å²) in [5, 5.41) is 0. The number of hydrogen-bond acceptors (Lipinski definition) is 2. The quantitative estimate of drug-likeness (QED) is 0.816. The minimum atomic E-state index is -0.0869. The van der Waals surface area contributed by atoms with Gasteiger partial charge < -0.3 is 5.73 Å². The molecule has 1 aliphatic rings. The fourth-order valence-corrected chi connectivity index (χ4v) is 3.65. The molecular formula is C15H22FNS. The second-order valence-electron chi connectivity index (χ2n) is 5.41. The summed E-state index contributed by atoms with van der Waals surface area (Å²) >= 11 is 1.67. The minimum absolute atomic E-state index is 0.0846. The minimum Gasteiger partial charge on any atom is -0.328 e. The van der Waals surface area contributed by atoms with Crippen molar-refractivity contribution in [2.75, 3.05) is 5.75 Å². The summed E-state index contributed by atoms with van der Waals surface area (Å²) in [7, 11) is 0. The third kappa shape index (κ3) is 3.99. The highest BCUT2D eigenvalue weighted by Gasteiger charge is 2.16. The van der Waals surface area contributed by atoms with Gasteiger partial charge in [0.25, 0.3) is 0 Å². The molecule has 0 amide bonds. The Labute approximate surface area is 113 Å². The van der Waals surface area contributed by atoms with E-state index in [0.717, 1.165) is 28.6 Å². The van der Waals surface area contributed by atoms with Gasteiger partial charge in [-0.05, 0) is 49.8 Å². The van der Waals surface area contributed by atoms with Crippen molar-refractivity contribution in [3.05, 3.63) is 29.6 Å². The topological polar surface area (TPSA) is 26.0 Å². The van der Waals surface area contributed by atoms with Crippen molar-refractivity contribution in [1.29, 1.82) is 0 Å². The molecule has 2 rings (SSSR count). The van der Waals surface area contributed by atoms with Gasteiger partial charge in [-0.2, -0.15) is 0 Å². The van der Waals surface area contributed by atoms with Gasteiger partial charge in [0.05, 0.1) is 0 Å². The van der Waals surface area contributed by atoms with Crippen molar-refractivity contribution in [2.24, 2.45) is 11.7 Å². The lowest BCUT2D eigenvalue weighted by molar-refractivity contribution is 0.594. The standard InChI is InChI=1S/C15H22FNS/c1-11(17)8-13-6-7-15(14(16)9-13)18-10-12-4-2-3-5-12/h6-7,9,11-12H,2-5,8,10,17H2,1H3. The first kappa shape index (κ1) is 13.9. The van der Waals surface area contributed by atoms with E-state index in [1.807, 2.05) is 19.1 Å². The molecule has 18 heavy (non-hydrogen) atoms. The van der Waals surface area contributed by atoms with E-state index < -0.39 is 0 Å². The molecule has 1 unspecified atom stereocenters. The molecule has 1 atom stereocenters. The van der Waals surface area contributed by atoms with Crippen molar-refractivity contribution in [2.45, 2.75) is 50.0 Å². The highest BCUT2D eigenvalue weighted by molar-refractivity contribution is 7.99. The van der Waals surface area contributed by atoms with Gasteiger partial charge in [-0.25, -0.2) is 4.39 Å². The molecular weight excluding hydrogens is 245 g/mol. The van der Waals surface area contributed by atoms with Crippen molar-refractivity contribution in [3.63, 3.8) is 0 Å². The van der Waals surface area contributed by atoms with Crippen LogP contribution in [0.1, 0.15) is 38.2 Å². The number of thioether (sulfide) groups is 1. The van der Waals surface area contributed by atoms with Gasteiger partial charge in [-0.1, -0.05) is 18.9 Å².